The fourth-order valence-electron chi connectivity index (χ4n) is 3.47. The Morgan fingerprint density at radius 3 is 2.82 bits per heavy atom. The molecule has 1 aromatic carbocycles. The molecule has 0 unspecified atom stereocenters. The van der Waals surface area contributed by atoms with Crippen LogP contribution in [0.1, 0.15) is 29.8 Å². The van der Waals surface area contributed by atoms with Gasteiger partial charge in [-0.3, -0.25) is 9.48 Å². The molecule has 1 fully saturated rings. The summed E-state index contributed by atoms with van der Waals surface area (Å²) in [5, 5.41) is 7.74. The van der Waals surface area contributed by atoms with Crippen molar-refractivity contribution in [2.24, 2.45) is 5.92 Å². The Morgan fingerprint density at radius 1 is 1.29 bits per heavy atom. The van der Waals surface area contributed by atoms with E-state index < -0.39 is 0 Å². The molecule has 0 radical (unpaired) electrons. The summed E-state index contributed by atoms with van der Waals surface area (Å²) in [6.07, 6.45) is 4.25. The van der Waals surface area contributed by atoms with Crippen LogP contribution in [0.2, 0.25) is 0 Å². The molecular weight excluding hydrogens is 358 g/mol. The predicted molar refractivity (Wildman–Crippen MR) is 104 cm³/mol. The van der Waals surface area contributed by atoms with E-state index in [-0.39, 0.29) is 12.5 Å². The highest BCUT2D eigenvalue weighted by Crippen LogP contribution is 2.32. The lowest BCUT2D eigenvalue weighted by atomic mass is 10.1. The van der Waals surface area contributed by atoms with Gasteiger partial charge in [0.15, 0.2) is 6.61 Å². The minimum Gasteiger partial charge on any atom is -0.497 e. The Labute approximate surface area is 165 Å². The van der Waals surface area contributed by atoms with Crippen molar-refractivity contribution in [2.45, 2.75) is 38.8 Å². The average Bonchev–Trinajstić information content (AvgIpc) is 3.48. The maximum absolute atomic E-state index is 12.1. The van der Waals surface area contributed by atoms with Gasteiger partial charge in [0.1, 0.15) is 11.5 Å². The van der Waals surface area contributed by atoms with E-state index in [9.17, 15) is 4.79 Å². The highest BCUT2D eigenvalue weighted by atomic mass is 16.5. The minimum absolute atomic E-state index is 0.0103. The number of aromatic nitrogens is 2. The summed E-state index contributed by atoms with van der Waals surface area (Å²) < 4.78 is 18.4. The van der Waals surface area contributed by atoms with Gasteiger partial charge in [-0.25, -0.2) is 0 Å². The first kappa shape index (κ1) is 18.8. The molecule has 2 heterocycles. The van der Waals surface area contributed by atoms with E-state index in [1.807, 2.05) is 0 Å². The van der Waals surface area contributed by atoms with Crippen LogP contribution in [0.25, 0.3) is 0 Å². The maximum Gasteiger partial charge on any atom is 0.257 e. The Bertz CT molecular complexity index is 812. The number of rotatable bonds is 9. The summed E-state index contributed by atoms with van der Waals surface area (Å²) in [4.78, 5) is 12.1. The van der Waals surface area contributed by atoms with Crippen molar-refractivity contribution in [3.05, 3.63) is 41.2 Å². The summed E-state index contributed by atoms with van der Waals surface area (Å²) in [6.45, 7) is 2.94. The van der Waals surface area contributed by atoms with Gasteiger partial charge in [0.2, 0.25) is 0 Å². The Balaban J connectivity index is 1.26. The largest absolute Gasteiger partial charge is 0.497 e. The third kappa shape index (κ3) is 4.65. The van der Waals surface area contributed by atoms with Gasteiger partial charge in [0, 0.05) is 37.2 Å². The maximum atomic E-state index is 12.1. The first-order chi connectivity index (χ1) is 13.7. The fraction of sp³-hybridized carbons (Fsp3) is 0.524. The molecule has 0 bridgehead atoms. The van der Waals surface area contributed by atoms with Crippen molar-refractivity contribution in [1.29, 1.82) is 0 Å². The number of carbonyl (C=O) groups is 1. The van der Waals surface area contributed by atoms with Gasteiger partial charge in [-0.15, -0.1) is 0 Å². The van der Waals surface area contributed by atoms with Gasteiger partial charge < -0.3 is 19.5 Å². The zero-order valence-corrected chi connectivity index (χ0v) is 16.3. The van der Waals surface area contributed by atoms with Gasteiger partial charge in [-0.05, 0) is 43.0 Å². The molecule has 1 aliphatic heterocycles. The van der Waals surface area contributed by atoms with Crippen molar-refractivity contribution in [3.8, 4) is 11.5 Å². The fourth-order valence-corrected chi connectivity index (χ4v) is 3.47. The standard InChI is InChI=1S/C21H27N3O4/c1-26-16-4-6-17(7-5-16)28-14-21(25)22-10-8-19-18-13-27-11-9-20(18)24(23-19)12-15-2-3-15/h4-7,15H,2-3,8-14H2,1H3,(H,22,25). The topological polar surface area (TPSA) is 74.6 Å². The monoisotopic (exact) mass is 385 g/mol. The van der Waals surface area contributed by atoms with E-state index in [1.54, 1.807) is 31.4 Å². The number of ether oxygens (including phenoxy) is 3. The molecule has 2 aliphatic rings. The Hall–Kier alpha value is -2.54. The zero-order valence-electron chi connectivity index (χ0n) is 16.3. The van der Waals surface area contributed by atoms with E-state index in [1.165, 1.54) is 24.1 Å². The number of amides is 1. The van der Waals surface area contributed by atoms with Crippen LogP contribution in [0.3, 0.4) is 0 Å². The van der Waals surface area contributed by atoms with Crippen LogP contribution in [0.5, 0.6) is 11.5 Å². The van der Waals surface area contributed by atoms with Crippen LogP contribution >= 0.6 is 0 Å². The lowest BCUT2D eigenvalue weighted by Gasteiger charge is -2.15. The number of nitrogens with one attached hydrogen (secondary N) is 1. The normalized spacial score (nSPS) is 15.8. The van der Waals surface area contributed by atoms with E-state index in [0.717, 1.165) is 36.9 Å². The van der Waals surface area contributed by atoms with Crippen LogP contribution in [0.4, 0.5) is 0 Å². The highest BCUT2D eigenvalue weighted by molar-refractivity contribution is 5.77. The summed E-state index contributed by atoms with van der Waals surface area (Å²) in [7, 11) is 1.61. The molecule has 1 aromatic heterocycles. The molecule has 0 spiro atoms. The lowest BCUT2D eigenvalue weighted by molar-refractivity contribution is -0.123. The second-order valence-corrected chi connectivity index (χ2v) is 7.36. The van der Waals surface area contributed by atoms with E-state index in [2.05, 4.69) is 10.00 Å². The van der Waals surface area contributed by atoms with E-state index >= 15 is 0 Å². The van der Waals surface area contributed by atoms with Gasteiger partial charge in [-0.1, -0.05) is 0 Å². The molecule has 1 aliphatic carbocycles. The molecule has 4 rings (SSSR count). The molecule has 7 heteroatoms. The smallest absolute Gasteiger partial charge is 0.257 e. The van der Waals surface area contributed by atoms with Crippen LogP contribution in [-0.2, 0) is 35.5 Å². The van der Waals surface area contributed by atoms with Crippen LogP contribution < -0.4 is 14.8 Å². The molecule has 1 saturated carbocycles. The van der Waals surface area contributed by atoms with Crippen LogP contribution in [0.15, 0.2) is 24.3 Å². The third-order valence-corrected chi connectivity index (χ3v) is 5.22. The minimum atomic E-state index is -0.140. The summed E-state index contributed by atoms with van der Waals surface area (Å²) in [5.74, 6) is 2.04. The molecule has 1 amide bonds. The molecule has 0 atom stereocenters. The quantitative estimate of drug-likeness (QED) is 0.716. The first-order valence-electron chi connectivity index (χ1n) is 9.91. The van der Waals surface area contributed by atoms with E-state index in [0.29, 0.717) is 25.3 Å². The van der Waals surface area contributed by atoms with Crippen molar-refractivity contribution >= 4 is 5.91 Å². The van der Waals surface area contributed by atoms with E-state index in [4.69, 9.17) is 19.3 Å². The summed E-state index contributed by atoms with van der Waals surface area (Å²) in [6, 6.07) is 7.17. The van der Waals surface area contributed by atoms with Gasteiger partial charge in [-0.2, -0.15) is 5.10 Å². The molecule has 1 N–H and O–H groups in total. The molecule has 150 valence electrons. The number of benzene rings is 1. The highest BCUT2D eigenvalue weighted by Gasteiger charge is 2.27. The average molecular weight is 385 g/mol. The van der Waals surface area contributed by atoms with Crippen molar-refractivity contribution in [1.82, 2.24) is 15.1 Å². The first-order valence-corrected chi connectivity index (χ1v) is 9.91. The lowest BCUT2D eigenvalue weighted by Crippen LogP contribution is -2.30. The Morgan fingerprint density at radius 2 is 2.07 bits per heavy atom. The van der Waals surface area contributed by atoms with Crippen molar-refractivity contribution in [3.63, 3.8) is 0 Å². The number of hydrogen-bond donors (Lipinski definition) is 1. The second-order valence-electron chi connectivity index (χ2n) is 7.36. The molecule has 0 saturated heterocycles. The Kier molecular flexibility index (Phi) is 5.81. The number of hydrogen-bond acceptors (Lipinski definition) is 5. The summed E-state index contributed by atoms with van der Waals surface area (Å²) in [5.41, 5.74) is 3.59. The van der Waals surface area contributed by atoms with Gasteiger partial charge in [0.05, 0.1) is 26.0 Å². The molecular formula is C21H27N3O4. The predicted octanol–water partition coefficient (Wildman–Crippen LogP) is 2.11. The molecule has 7 nitrogen and oxygen atoms in total. The van der Waals surface area contributed by atoms with Crippen molar-refractivity contribution < 1.29 is 19.0 Å². The summed E-state index contributed by atoms with van der Waals surface area (Å²) >= 11 is 0. The second kappa shape index (κ2) is 8.65. The third-order valence-electron chi connectivity index (χ3n) is 5.22. The number of fused-ring (bicyclic) bond motifs is 1. The number of carbonyl (C=O) groups excluding carboxylic acids is 1. The molecule has 28 heavy (non-hydrogen) atoms. The van der Waals surface area contributed by atoms with Gasteiger partial charge in [0.25, 0.3) is 5.91 Å². The van der Waals surface area contributed by atoms with Crippen LogP contribution in [-0.4, -0.2) is 42.6 Å². The van der Waals surface area contributed by atoms with Crippen LogP contribution in [0, 0.1) is 5.92 Å². The number of nitrogens with zero attached hydrogens (tertiary/aromatic N) is 2. The van der Waals surface area contributed by atoms with Gasteiger partial charge >= 0.3 is 0 Å². The van der Waals surface area contributed by atoms with Crippen molar-refractivity contribution in [2.75, 3.05) is 26.9 Å². The zero-order chi connectivity index (χ0) is 19.3. The molecule has 2 aromatic rings. The number of methoxy groups -OCH3 is 1. The SMILES string of the molecule is COc1ccc(OCC(=O)NCCc2nn(CC3CC3)c3c2COCC3)cc1.